The minimum atomic E-state index is -0.592. The van der Waals surface area contributed by atoms with Gasteiger partial charge in [0.05, 0.1) is 6.10 Å². The van der Waals surface area contributed by atoms with Gasteiger partial charge in [-0.05, 0) is 118 Å². The third kappa shape index (κ3) is 3.55. The lowest BCUT2D eigenvalue weighted by molar-refractivity contribution is -0.129. The Balaban J connectivity index is 1.49. The van der Waals surface area contributed by atoms with E-state index < -0.39 is 18.1 Å². The van der Waals surface area contributed by atoms with E-state index in [1.807, 2.05) is 0 Å². The quantitative estimate of drug-likeness (QED) is 0.510. The zero-order chi connectivity index (χ0) is 19.4. The van der Waals surface area contributed by atoms with Crippen LogP contribution in [0, 0.1) is 34.5 Å². The number of hydrogen-bond donors (Lipinski definition) is 0. The lowest BCUT2D eigenvalue weighted by atomic mass is 9.45. The van der Waals surface area contributed by atoms with Crippen LogP contribution in [0.5, 0.6) is 0 Å². The molecule has 0 N–H and O–H groups in total. The van der Waals surface area contributed by atoms with Crippen molar-refractivity contribution in [2.75, 3.05) is 0 Å². The van der Waals surface area contributed by atoms with Crippen LogP contribution in [0.15, 0.2) is 0 Å². The molecule has 2 radical (unpaired) electrons. The minimum Gasteiger partial charge on any atom is -0.414 e. The second kappa shape index (κ2) is 7.55. The summed E-state index contributed by atoms with van der Waals surface area (Å²) in [7, 11) is -1.15. The van der Waals surface area contributed by atoms with E-state index in [2.05, 4.69) is 40.0 Å². The molecule has 4 aliphatic rings. The van der Waals surface area contributed by atoms with E-state index in [1.54, 1.807) is 0 Å². The molecule has 0 saturated heterocycles. The summed E-state index contributed by atoms with van der Waals surface area (Å²) in [6, 6.07) is 0. The molecule has 4 aliphatic carbocycles. The lowest BCUT2D eigenvalue weighted by Crippen LogP contribution is -2.55. The van der Waals surface area contributed by atoms with Crippen molar-refractivity contribution in [1.29, 1.82) is 0 Å². The molecular weight excluding hydrogens is 364 g/mol. The van der Waals surface area contributed by atoms with Crippen LogP contribution in [-0.4, -0.2) is 30.3 Å². The van der Waals surface area contributed by atoms with Crippen LogP contribution in [0.4, 0.5) is 0 Å². The standard InChI is InChI=1S/C23H42O2Si2/c1-22-13-11-17(24-26(3)4)15-16(22)7-8-18-19-9-10-21(25-27(5)6)23(19,2)14-12-20(18)22/h16-21H,7-15H2,1-6H3. The number of rotatable bonds is 4. The van der Waals surface area contributed by atoms with Gasteiger partial charge in [0.1, 0.15) is 0 Å². The molecule has 4 saturated carbocycles. The first kappa shape index (κ1) is 20.6. The van der Waals surface area contributed by atoms with Crippen molar-refractivity contribution in [2.45, 2.75) is 110 Å². The van der Waals surface area contributed by atoms with Gasteiger partial charge in [-0.25, -0.2) is 0 Å². The Kier molecular flexibility index (Phi) is 5.77. The van der Waals surface area contributed by atoms with Crippen molar-refractivity contribution in [2.24, 2.45) is 34.5 Å². The van der Waals surface area contributed by atoms with Crippen molar-refractivity contribution < 1.29 is 8.85 Å². The average molecular weight is 407 g/mol. The summed E-state index contributed by atoms with van der Waals surface area (Å²) < 4.78 is 12.9. The van der Waals surface area contributed by atoms with Crippen molar-refractivity contribution >= 4 is 18.1 Å². The Labute approximate surface area is 171 Å². The molecule has 0 aromatic heterocycles. The summed E-state index contributed by atoms with van der Waals surface area (Å²) in [5, 5.41) is 0. The zero-order valence-corrected chi connectivity index (χ0v) is 20.6. The van der Waals surface area contributed by atoms with Gasteiger partial charge in [-0.15, -0.1) is 0 Å². The largest absolute Gasteiger partial charge is 0.414 e. The molecule has 0 amide bonds. The highest BCUT2D eigenvalue weighted by Gasteiger charge is 2.60. The maximum absolute atomic E-state index is 6.53. The maximum Gasteiger partial charge on any atom is 0.205 e. The van der Waals surface area contributed by atoms with Gasteiger partial charge < -0.3 is 8.85 Å². The fraction of sp³-hybridized carbons (Fsp3) is 1.00. The predicted octanol–water partition coefficient (Wildman–Crippen LogP) is 6.30. The minimum absolute atomic E-state index is 0.467. The van der Waals surface area contributed by atoms with Crippen molar-refractivity contribution in [3.05, 3.63) is 0 Å². The van der Waals surface area contributed by atoms with E-state index in [4.69, 9.17) is 8.85 Å². The Bertz CT molecular complexity index is 538. The van der Waals surface area contributed by atoms with Crippen LogP contribution in [0.25, 0.3) is 0 Å². The van der Waals surface area contributed by atoms with Gasteiger partial charge in [-0.1, -0.05) is 13.8 Å². The fourth-order valence-corrected chi connectivity index (χ4v) is 9.93. The molecule has 0 bridgehead atoms. The molecular formula is C23H42O2Si2. The highest BCUT2D eigenvalue weighted by Crippen LogP contribution is 2.66. The molecule has 0 spiro atoms. The first-order chi connectivity index (χ1) is 12.7. The molecule has 4 heteroatoms. The molecule has 0 heterocycles. The average Bonchev–Trinajstić information content (AvgIpc) is 2.91. The second-order valence-electron chi connectivity index (χ2n) is 11.2. The van der Waals surface area contributed by atoms with Crippen LogP contribution in [0.1, 0.15) is 71.6 Å². The van der Waals surface area contributed by atoms with Gasteiger partial charge in [-0.2, -0.15) is 0 Å². The van der Waals surface area contributed by atoms with Gasteiger partial charge in [-0.3, -0.25) is 0 Å². The van der Waals surface area contributed by atoms with E-state index in [0.717, 1.165) is 23.7 Å². The summed E-state index contributed by atoms with van der Waals surface area (Å²) >= 11 is 0. The first-order valence-electron chi connectivity index (χ1n) is 11.7. The SMILES string of the molecule is C[Si](C)OC1CCC2(C)C(CCC3C2CCC2(C)C(O[Si](C)C)CCC32)C1. The summed E-state index contributed by atoms with van der Waals surface area (Å²) in [6.45, 7) is 14.5. The van der Waals surface area contributed by atoms with Crippen molar-refractivity contribution in [1.82, 2.24) is 0 Å². The molecule has 0 aliphatic heterocycles. The molecule has 2 nitrogen and oxygen atoms in total. The highest BCUT2D eigenvalue weighted by molar-refractivity contribution is 6.48. The predicted molar refractivity (Wildman–Crippen MR) is 116 cm³/mol. The van der Waals surface area contributed by atoms with E-state index in [-0.39, 0.29) is 0 Å². The topological polar surface area (TPSA) is 18.5 Å². The van der Waals surface area contributed by atoms with Crippen LogP contribution < -0.4 is 0 Å². The smallest absolute Gasteiger partial charge is 0.205 e. The summed E-state index contributed by atoms with van der Waals surface area (Å²) in [4.78, 5) is 0. The highest BCUT2D eigenvalue weighted by atomic mass is 28.3. The zero-order valence-electron chi connectivity index (χ0n) is 18.6. The Morgan fingerprint density at radius 3 is 2.07 bits per heavy atom. The van der Waals surface area contributed by atoms with Crippen LogP contribution in [0.2, 0.25) is 26.2 Å². The van der Waals surface area contributed by atoms with E-state index >= 15 is 0 Å². The first-order valence-corrected chi connectivity index (χ1v) is 16.5. The molecule has 154 valence electrons. The third-order valence-electron chi connectivity index (χ3n) is 9.31. The summed E-state index contributed by atoms with van der Waals surface area (Å²) in [6.07, 6.45) is 13.8. The fourth-order valence-electron chi connectivity index (χ4n) is 8.09. The normalized spacial score (nSPS) is 49.8. The third-order valence-corrected chi connectivity index (χ3v) is 10.9. The lowest BCUT2D eigenvalue weighted by Gasteiger charge is -2.61. The van der Waals surface area contributed by atoms with Crippen LogP contribution in [0.3, 0.4) is 0 Å². The van der Waals surface area contributed by atoms with Gasteiger partial charge in [0.15, 0.2) is 0 Å². The molecule has 4 rings (SSSR count). The van der Waals surface area contributed by atoms with Gasteiger partial charge in [0.25, 0.3) is 0 Å². The van der Waals surface area contributed by atoms with E-state index in [1.165, 1.54) is 57.8 Å². The summed E-state index contributed by atoms with van der Waals surface area (Å²) in [5.41, 5.74) is 1.05. The summed E-state index contributed by atoms with van der Waals surface area (Å²) in [5.74, 6) is 3.78. The van der Waals surface area contributed by atoms with E-state index in [0.29, 0.717) is 23.0 Å². The van der Waals surface area contributed by atoms with Gasteiger partial charge in [0, 0.05) is 6.10 Å². The van der Waals surface area contributed by atoms with Gasteiger partial charge >= 0.3 is 0 Å². The Morgan fingerprint density at radius 1 is 0.704 bits per heavy atom. The molecule has 27 heavy (non-hydrogen) atoms. The molecule has 8 atom stereocenters. The molecule has 8 unspecified atom stereocenters. The molecule has 0 aromatic carbocycles. The number of fused-ring (bicyclic) bond motifs is 5. The van der Waals surface area contributed by atoms with Crippen LogP contribution in [-0.2, 0) is 8.85 Å². The second-order valence-corrected chi connectivity index (χ2v) is 15.3. The van der Waals surface area contributed by atoms with E-state index in [9.17, 15) is 0 Å². The maximum atomic E-state index is 6.53. The van der Waals surface area contributed by atoms with Crippen molar-refractivity contribution in [3.8, 4) is 0 Å². The van der Waals surface area contributed by atoms with Crippen LogP contribution >= 0.6 is 0 Å². The monoisotopic (exact) mass is 406 g/mol. The Hall–Kier alpha value is 0.354. The number of hydrogen-bond acceptors (Lipinski definition) is 2. The Morgan fingerprint density at radius 2 is 1.37 bits per heavy atom. The van der Waals surface area contributed by atoms with Gasteiger partial charge in [0.2, 0.25) is 18.1 Å². The molecule has 0 aromatic rings. The molecule has 4 fully saturated rings. The van der Waals surface area contributed by atoms with Crippen molar-refractivity contribution in [3.63, 3.8) is 0 Å².